The maximum Gasteiger partial charge on any atom is 0.338 e. The van der Waals surface area contributed by atoms with Crippen LogP contribution in [0.3, 0.4) is 0 Å². The quantitative estimate of drug-likeness (QED) is 0.448. The van der Waals surface area contributed by atoms with E-state index in [4.69, 9.17) is 16.3 Å². The number of ether oxygens (including phenoxy) is 1. The fourth-order valence-electron chi connectivity index (χ4n) is 2.10. The van der Waals surface area contributed by atoms with Gasteiger partial charge in [-0.15, -0.1) is 0 Å². The molecule has 0 aromatic heterocycles. The number of nitrogens with zero attached hydrogens (tertiary/aromatic N) is 2. The summed E-state index contributed by atoms with van der Waals surface area (Å²) in [6.45, 7) is 1.88. The Balaban J connectivity index is 2.29. The Hall–Kier alpha value is -3.53. The lowest BCUT2D eigenvalue weighted by molar-refractivity contribution is -0.393. The number of amides is 1. The zero-order valence-electron chi connectivity index (χ0n) is 13.8. The fourth-order valence-corrected chi connectivity index (χ4v) is 2.35. The second-order valence-electron chi connectivity index (χ2n) is 5.09. The summed E-state index contributed by atoms with van der Waals surface area (Å²) < 4.78 is 4.83. The SMILES string of the molecule is CCOC(=O)c1ccc(NC(=O)c2cc([N+](=O)[O-])c(Cl)c([N+](=O)[O-])c2)cc1. The van der Waals surface area contributed by atoms with Crippen molar-refractivity contribution >= 4 is 40.5 Å². The van der Waals surface area contributed by atoms with Crippen molar-refractivity contribution in [1.29, 1.82) is 0 Å². The van der Waals surface area contributed by atoms with Crippen molar-refractivity contribution in [2.45, 2.75) is 6.92 Å². The number of nitro groups is 2. The molecular weight excluding hydrogens is 382 g/mol. The van der Waals surface area contributed by atoms with E-state index in [9.17, 15) is 29.8 Å². The maximum atomic E-state index is 12.3. The van der Waals surface area contributed by atoms with E-state index >= 15 is 0 Å². The summed E-state index contributed by atoms with van der Waals surface area (Å²) >= 11 is 5.65. The highest BCUT2D eigenvalue weighted by Gasteiger charge is 2.27. The van der Waals surface area contributed by atoms with Crippen LogP contribution in [-0.2, 0) is 4.74 Å². The van der Waals surface area contributed by atoms with Gasteiger partial charge in [-0.1, -0.05) is 11.6 Å². The Kier molecular flexibility index (Phi) is 6.03. The molecule has 0 aliphatic rings. The van der Waals surface area contributed by atoms with Gasteiger partial charge in [-0.2, -0.15) is 0 Å². The van der Waals surface area contributed by atoms with Crippen LogP contribution in [0.1, 0.15) is 27.6 Å². The molecule has 0 unspecified atom stereocenters. The number of hydrogen-bond donors (Lipinski definition) is 1. The Morgan fingerprint density at radius 3 is 2.00 bits per heavy atom. The monoisotopic (exact) mass is 393 g/mol. The minimum Gasteiger partial charge on any atom is -0.462 e. The van der Waals surface area contributed by atoms with Crippen molar-refractivity contribution in [3.8, 4) is 0 Å². The molecule has 0 saturated heterocycles. The van der Waals surface area contributed by atoms with Crippen molar-refractivity contribution in [3.05, 3.63) is 72.8 Å². The first-order chi connectivity index (χ1) is 12.7. The fraction of sp³-hybridized carbons (Fsp3) is 0.125. The van der Waals surface area contributed by atoms with Crippen LogP contribution in [0.2, 0.25) is 5.02 Å². The van der Waals surface area contributed by atoms with Crippen LogP contribution >= 0.6 is 11.6 Å². The average Bonchev–Trinajstić information content (AvgIpc) is 2.62. The van der Waals surface area contributed by atoms with Gasteiger partial charge in [-0.25, -0.2) is 4.79 Å². The molecular formula is C16H12ClN3O7. The van der Waals surface area contributed by atoms with Crippen molar-refractivity contribution in [1.82, 2.24) is 0 Å². The number of nitrogens with one attached hydrogen (secondary N) is 1. The van der Waals surface area contributed by atoms with E-state index in [1.165, 1.54) is 24.3 Å². The number of rotatable bonds is 6. The number of anilines is 1. The van der Waals surface area contributed by atoms with E-state index in [0.717, 1.165) is 12.1 Å². The van der Waals surface area contributed by atoms with Crippen molar-refractivity contribution in [2.75, 3.05) is 11.9 Å². The third kappa shape index (κ3) is 4.55. The van der Waals surface area contributed by atoms with Gasteiger partial charge in [-0.3, -0.25) is 25.0 Å². The molecule has 0 fully saturated rings. The number of nitro benzene ring substituents is 2. The molecule has 11 heteroatoms. The molecule has 1 N–H and O–H groups in total. The molecule has 10 nitrogen and oxygen atoms in total. The first kappa shape index (κ1) is 19.8. The molecule has 140 valence electrons. The van der Waals surface area contributed by atoms with E-state index in [-0.39, 0.29) is 23.4 Å². The van der Waals surface area contributed by atoms with Crippen LogP contribution in [0, 0.1) is 20.2 Å². The summed E-state index contributed by atoms with van der Waals surface area (Å²) in [6, 6.07) is 7.36. The van der Waals surface area contributed by atoms with E-state index in [0.29, 0.717) is 0 Å². The minimum atomic E-state index is -0.916. The van der Waals surface area contributed by atoms with Crippen molar-refractivity contribution < 1.29 is 24.2 Å². The third-order valence-corrected chi connectivity index (χ3v) is 3.73. The lowest BCUT2D eigenvalue weighted by Crippen LogP contribution is -2.13. The smallest absolute Gasteiger partial charge is 0.338 e. The van der Waals surface area contributed by atoms with Crippen molar-refractivity contribution in [3.63, 3.8) is 0 Å². The summed E-state index contributed by atoms with van der Waals surface area (Å²) in [4.78, 5) is 44.1. The highest BCUT2D eigenvalue weighted by Crippen LogP contribution is 2.35. The van der Waals surface area contributed by atoms with E-state index in [1.54, 1.807) is 6.92 Å². The Morgan fingerprint density at radius 1 is 1.04 bits per heavy atom. The predicted molar refractivity (Wildman–Crippen MR) is 95.1 cm³/mol. The molecule has 0 radical (unpaired) electrons. The summed E-state index contributed by atoms with van der Waals surface area (Å²) in [5.41, 5.74) is -1.28. The highest BCUT2D eigenvalue weighted by molar-refractivity contribution is 6.35. The third-order valence-electron chi connectivity index (χ3n) is 3.34. The number of carbonyl (C=O) groups excluding carboxylic acids is 2. The van der Waals surface area contributed by atoms with Gasteiger partial charge < -0.3 is 10.1 Å². The molecule has 2 aromatic carbocycles. The Labute approximate surface area is 157 Å². The van der Waals surface area contributed by atoms with Gasteiger partial charge in [0.05, 0.1) is 27.6 Å². The number of benzene rings is 2. The average molecular weight is 394 g/mol. The summed E-state index contributed by atoms with van der Waals surface area (Å²) in [7, 11) is 0. The summed E-state index contributed by atoms with van der Waals surface area (Å²) in [6.07, 6.45) is 0. The molecule has 0 bridgehead atoms. The lowest BCUT2D eigenvalue weighted by Gasteiger charge is -2.07. The van der Waals surface area contributed by atoms with Crippen LogP contribution in [0.25, 0.3) is 0 Å². The van der Waals surface area contributed by atoms with Crippen LogP contribution in [0.4, 0.5) is 17.1 Å². The molecule has 2 aromatic rings. The van der Waals surface area contributed by atoms with Gasteiger partial charge in [0, 0.05) is 17.8 Å². The molecule has 2 rings (SSSR count). The van der Waals surface area contributed by atoms with Gasteiger partial charge >= 0.3 is 5.97 Å². The van der Waals surface area contributed by atoms with Crippen molar-refractivity contribution in [2.24, 2.45) is 0 Å². The zero-order chi connectivity index (χ0) is 20.1. The Bertz CT molecular complexity index is 893. The zero-order valence-corrected chi connectivity index (χ0v) is 14.6. The van der Waals surface area contributed by atoms with E-state index in [1.807, 2.05) is 0 Å². The topological polar surface area (TPSA) is 142 Å². The first-order valence-corrected chi connectivity index (χ1v) is 7.83. The number of carbonyl (C=O) groups is 2. The maximum absolute atomic E-state index is 12.3. The van der Waals surface area contributed by atoms with Crippen LogP contribution in [0.5, 0.6) is 0 Å². The highest BCUT2D eigenvalue weighted by atomic mass is 35.5. The molecule has 0 saturated carbocycles. The minimum absolute atomic E-state index is 0.214. The van der Waals surface area contributed by atoms with Gasteiger partial charge in [-0.05, 0) is 31.2 Å². The standard InChI is InChI=1S/C16H12ClN3O7/c1-2-27-16(22)9-3-5-11(6-4-9)18-15(21)10-7-12(19(23)24)14(17)13(8-10)20(25)26/h3-8H,2H2,1H3,(H,18,21). The molecule has 0 spiro atoms. The number of hydrogen-bond acceptors (Lipinski definition) is 7. The van der Waals surface area contributed by atoms with Crippen LogP contribution in [0.15, 0.2) is 36.4 Å². The number of esters is 1. The molecule has 0 aliphatic carbocycles. The van der Waals surface area contributed by atoms with Gasteiger partial charge in [0.15, 0.2) is 5.02 Å². The number of halogens is 1. The van der Waals surface area contributed by atoms with E-state index < -0.39 is 38.1 Å². The van der Waals surface area contributed by atoms with Gasteiger partial charge in [0.25, 0.3) is 17.3 Å². The molecule has 0 aliphatic heterocycles. The normalized spacial score (nSPS) is 10.1. The van der Waals surface area contributed by atoms with Crippen LogP contribution in [-0.4, -0.2) is 28.3 Å². The Morgan fingerprint density at radius 2 is 1.56 bits per heavy atom. The lowest BCUT2D eigenvalue weighted by atomic mass is 10.1. The predicted octanol–water partition coefficient (Wildman–Crippen LogP) is 3.59. The largest absolute Gasteiger partial charge is 0.462 e. The first-order valence-electron chi connectivity index (χ1n) is 7.45. The van der Waals surface area contributed by atoms with Crippen LogP contribution < -0.4 is 5.32 Å². The van der Waals surface area contributed by atoms with Gasteiger partial charge in [0.2, 0.25) is 0 Å². The molecule has 27 heavy (non-hydrogen) atoms. The summed E-state index contributed by atoms with van der Waals surface area (Å²) in [5, 5.41) is 23.8. The molecule has 1 amide bonds. The summed E-state index contributed by atoms with van der Waals surface area (Å²) in [5.74, 6) is -1.35. The van der Waals surface area contributed by atoms with Gasteiger partial charge in [0.1, 0.15) is 0 Å². The second-order valence-corrected chi connectivity index (χ2v) is 5.47. The molecule has 0 atom stereocenters. The van der Waals surface area contributed by atoms with E-state index in [2.05, 4.69) is 5.32 Å². The molecule has 0 heterocycles. The second kappa shape index (κ2) is 8.23.